The molecule has 0 N–H and O–H groups in total. The van der Waals surface area contributed by atoms with Crippen molar-refractivity contribution in [3.05, 3.63) is 51.7 Å². The van der Waals surface area contributed by atoms with Gasteiger partial charge in [-0.25, -0.2) is 14.3 Å². The van der Waals surface area contributed by atoms with Gasteiger partial charge in [-0.1, -0.05) is 0 Å². The molecule has 114 valence electrons. The molecule has 0 amide bonds. The highest BCUT2D eigenvalue weighted by Crippen LogP contribution is 2.17. The highest BCUT2D eigenvalue weighted by atomic mass is 16.6. The minimum atomic E-state index is -0.727. The summed E-state index contributed by atoms with van der Waals surface area (Å²) in [4.78, 5) is 33.3. The van der Waals surface area contributed by atoms with Gasteiger partial charge >= 0.3 is 11.9 Å². The smallest absolute Gasteiger partial charge is 0.358 e. The molecular weight excluding hydrogens is 294 g/mol. The summed E-state index contributed by atoms with van der Waals surface area (Å²) in [5.74, 6) is -1.34. The molecule has 0 bridgehead atoms. The lowest BCUT2D eigenvalue weighted by molar-refractivity contribution is -0.384. The summed E-state index contributed by atoms with van der Waals surface area (Å²) in [5.41, 5.74) is -0.00650. The summed E-state index contributed by atoms with van der Waals surface area (Å²) >= 11 is 0. The number of carbonyl (C=O) groups excluding carboxylic acids is 2. The third kappa shape index (κ3) is 3.08. The van der Waals surface area contributed by atoms with Crippen LogP contribution in [-0.4, -0.2) is 33.8 Å². The van der Waals surface area contributed by atoms with Crippen molar-refractivity contribution in [3.63, 3.8) is 0 Å². The van der Waals surface area contributed by atoms with Crippen LogP contribution in [-0.2, 0) is 11.8 Å². The maximum absolute atomic E-state index is 11.9. The second-order valence-corrected chi connectivity index (χ2v) is 4.18. The van der Waals surface area contributed by atoms with E-state index in [1.807, 2.05) is 0 Å². The number of aryl methyl sites for hydroxylation is 1. The quantitative estimate of drug-likeness (QED) is 0.475. The first-order valence-electron chi connectivity index (χ1n) is 6.01. The van der Waals surface area contributed by atoms with Gasteiger partial charge < -0.3 is 9.47 Å². The topological polar surface area (TPSA) is 114 Å². The largest absolute Gasteiger partial charge is 0.464 e. The molecule has 0 aliphatic rings. The molecule has 22 heavy (non-hydrogen) atoms. The molecule has 2 aromatic rings. The van der Waals surface area contributed by atoms with Gasteiger partial charge in [-0.2, -0.15) is 5.10 Å². The number of nitro benzene ring substituents is 1. The zero-order chi connectivity index (χ0) is 16.3. The molecule has 0 saturated carbocycles. The average molecular weight is 305 g/mol. The molecule has 0 spiro atoms. The number of aromatic nitrogens is 2. The first-order valence-corrected chi connectivity index (χ1v) is 6.01. The van der Waals surface area contributed by atoms with Crippen LogP contribution in [0.15, 0.2) is 30.3 Å². The zero-order valence-corrected chi connectivity index (χ0v) is 11.7. The number of ether oxygens (including phenoxy) is 2. The number of non-ortho nitro benzene ring substituents is 1. The van der Waals surface area contributed by atoms with Crippen molar-refractivity contribution in [1.29, 1.82) is 0 Å². The second kappa shape index (κ2) is 6.04. The molecule has 0 atom stereocenters. The normalized spacial score (nSPS) is 10.1. The van der Waals surface area contributed by atoms with Gasteiger partial charge in [-0.05, 0) is 12.1 Å². The SMILES string of the molecule is COC(=O)c1cc(OC(=O)c2ccc([N+](=O)[O-])cc2)n(C)n1. The summed E-state index contributed by atoms with van der Waals surface area (Å²) in [6.45, 7) is 0. The number of hydrogen-bond donors (Lipinski definition) is 0. The van der Waals surface area contributed by atoms with Gasteiger partial charge in [0.25, 0.3) is 5.69 Å². The molecule has 0 aliphatic carbocycles. The Kier molecular flexibility index (Phi) is 4.16. The number of esters is 2. The summed E-state index contributed by atoms with van der Waals surface area (Å²) < 4.78 is 10.8. The van der Waals surface area contributed by atoms with Gasteiger partial charge in [-0.15, -0.1) is 0 Å². The van der Waals surface area contributed by atoms with E-state index < -0.39 is 16.9 Å². The van der Waals surface area contributed by atoms with E-state index in [4.69, 9.17) is 4.74 Å². The molecule has 1 aromatic heterocycles. The molecule has 1 heterocycles. The number of nitro groups is 1. The number of benzene rings is 1. The van der Waals surface area contributed by atoms with E-state index in [1.54, 1.807) is 0 Å². The lowest BCUT2D eigenvalue weighted by atomic mass is 10.2. The predicted octanol–water partition coefficient (Wildman–Crippen LogP) is 1.33. The molecule has 1 aromatic carbocycles. The van der Waals surface area contributed by atoms with Crippen molar-refractivity contribution < 1.29 is 24.0 Å². The minimum absolute atomic E-state index is 0.00324. The molecular formula is C13H11N3O6. The number of methoxy groups -OCH3 is 1. The van der Waals surface area contributed by atoms with Crippen LogP contribution in [0.4, 0.5) is 5.69 Å². The lowest BCUT2D eigenvalue weighted by Crippen LogP contribution is -2.11. The highest BCUT2D eigenvalue weighted by Gasteiger charge is 2.17. The monoisotopic (exact) mass is 305 g/mol. The summed E-state index contributed by atoms with van der Waals surface area (Å²) in [5, 5.41) is 14.4. The van der Waals surface area contributed by atoms with Gasteiger partial charge in [0.1, 0.15) is 0 Å². The van der Waals surface area contributed by atoms with E-state index in [-0.39, 0.29) is 22.8 Å². The van der Waals surface area contributed by atoms with Crippen LogP contribution < -0.4 is 4.74 Å². The van der Waals surface area contributed by atoms with Crippen LogP contribution in [0, 0.1) is 10.1 Å². The molecule has 0 saturated heterocycles. The minimum Gasteiger partial charge on any atom is -0.464 e. The number of rotatable bonds is 4. The Morgan fingerprint density at radius 1 is 1.23 bits per heavy atom. The summed E-state index contributed by atoms with van der Waals surface area (Å²) in [7, 11) is 2.70. The molecule has 0 unspecified atom stereocenters. The van der Waals surface area contributed by atoms with E-state index in [0.29, 0.717) is 0 Å². The number of carbonyl (C=O) groups is 2. The first-order chi connectivity index (χ1) is 10.4. The van der Waals surface area contributed by atoms with Gasteiger partial charge in [-0.3, -0.25) is 10.1 Å². The van der Waals surface area contributed by atoms with E-state index in [1.165, 1.54) is 49.2 Å². The fraction of sp³-hybridized carbons (Fsp3) is 0.154. The second-order valence-electron chi connectivity index (χ2n) is 4.18. The van der Waals surface area contributed by atoms with Crippen LogP contribution >= 0.6 is 0 Å². The van der Waals surface area contributed by atoms with Gasteiger partial charge in [0, 0.05) is 25.2 Å². The van der Waals surface area contributed by atoms with Crippen molar-refractivity contribution in [2.75, 3.05) is 7.11 Å². The van der Waals surface area contributed by atoms with Crippen molar-refractivity contribution in [3.8, 4) is 5.88 Å². The number of nitrogens with zero attached hydrogens (tertiary/aromatic N) is 3. The Labute approximate surface area is 124 Å². The van der Waals surface area contributed by atoms with E-state index in [9.17, 15) is 19.7 Å². The van der Waals surface area contributed by atoms with E-state index >= 15 is 0 Å². The Balaban J connectivity index is 2.16. The van der Waals surface area contributed by atoms with Gasteiger partial charge in [0.15, 0.2) is 5.69 Å². The Morgan fingerprint density at radius 2 is 1.86 bits per heavy atom. The molecule has 0 radical (unpaired) electrons. The third-order valence-electron chi connectivity index (χ3n) is 2.74. The fourth-order valence-electron chi connectivity index (χ4n) is 1.62. The first kappa shape index (κ1) is 15.2. The Morgan fingerprint density at radius 3 is 2.41 bits per heavy atom. The van der Waals surface area contributed by atoms with Gasteiger partial charge in [0.2, 0.25) is 5.88 Å². The average Bonchev–Trinajstić information content (AvgIpc) is 2.87. The van der Waals surface area contributed by atoms with Crippen LogP contribution in [0.2, 0.25) is 0 Å². The maximum atomic E-state index is 11.9. The molecule has 2 rings (SSSR count). The summed E-state index contributed by atoms with van der Waals surface area (Å²) in [6.07, 6.45) is 0. The van der Waals surface area contributed by atoms with Crippen LogP contribution in [0.5, 0.6) is 5.88 Å². The standard InChI is InChI=1S/C13H11N3O6/c1-15-11(7-10(14-15)13(18)21-2)22-12(17)8-3-5-9(6-4-8)16(19)20/h3-7H,1-2H3. The molecule has 9 heteroatoms. The van der Waals surface area contributed by atoms with E-state index in [0.717, 1.165) is 0 Å². The number of hydrogen-bond acceptors (Lipinski definition) is 7. The molecule has 0 aliphatic heterocycles. The van der Waals surface area contributed by atoms with Crippen LogP contribution in [0.3, 0.4) is 0 Å². The van der Waals surface area contributed by atoms with Gasteiger partial charge in [0.05, 0.1) is 17.6 Å². The lowest BCUT2D eigenvalue weighted by Gasteiger charge is -2.03. The van der Waals surface area contributed by atoms with Crippen molar-refractivity contribution in [2.45, 2.75) is 0 Å². The molecule has 9 nitrogen and oxygen atoms in total. The Hall–Kier alpha value is -3.23. The third-order valence-corrected chi connectivity index (χ3v) is 2.74. The van der Waals surface area contributed by atoms with Crippen molar-refractivity contribution >= 4 is 17.6 Å². The van der Waals surface area contributed by atoms with Crippen LogP contribution in [0.25, 0.3) is 0 Å². The predicted molar refractivity (Wildman–Crippen MR) is 72.6 cm³/mol. The van der Waals surface area contributed by atoms with E-state index in [2.05, 4.69) is 9.84 Å². The summed E-state index contributed by atoms with van der Waals surface area (Å²) in [6, 6.07) is 6.20. The van der Waals surface area contributed by atoms with Crippen LogP contribution in [0.1, 0.15) is 20.8 Å². The maximum Gasteiger partial charge on any atom is 0.358 e. The zero-order valence-electron chi connectivity index (χ0n) is 11.7. The molecule has 0 fully saturated rings. The van der Waals surface area contributed by atoms with Crippen molar-refractivity contribution in [1.82, 2.24) is 9.78 Å². The van der Waals surface area contributed by atoms with Crippen molar-refractivity contribution in [2.24, 2.45) is 7.05 Å². The highest BCUT2D eigenvalue weighted by molar-refractivity contribution is 5.92. The Bertz CT molecular complexity index is 735. The fourth-order valence-corrected chi connectivity index (χ4v) is 1.62.